The Balaban J connectivity index is 2.24. The third kappa shape index (κ3) is 3.77. The molecule has 0 spiro atoms. The standard InChI is InChI=1S/C10H14N2O4S/c1-15-10-6-8(16-7-3-4-7)5-9(11-10)12-17(2,13)14/h5-7H,3-4H2,1-2H3,(H,11,12). The van der Waals surface area contributed by atoms with E-state index in [-0.39, 0.29) is 11.9 Å². The largest absolute Gasteiger partial charge is 0.490 e. The van der Waals surface area contributed by atoms with Gasteiger partial charge in [-0.1, -0.05) is 0 Å². The molecule has 0 saturated heterocycles. The Morgan fingerprint density at radius 1 is 1.41 bits per heavy atom. The molecule has 0 radical (unpaired) electrons. The van der Waals surface area contributed by atoms with E-state index in [1.165, 1.54) is 7.11 Å². The molecule has 1 N–H and O–H groups in total. The highest BCUT2D eigenvalue weighted by atomic mass is 32.2. The number of hydrogen-bond donors (Lipinski definition) is 1. The van der Waals surface area contributed by atoms with Gasteiger partial charge in [-0.3, -0.25) is 4.72 Å². The highest BCUT2D eigenvalue weighted by Gasteiger charge is 2.24. The van der Waals surface area contributed by atoms with E-state index in [9.17, 15) is 8.42 Å². The normalized spacial score (nSPS) is 15.4. The summed E-state index contributed by atoms with van der Waals surface area (Å²) in [5.74, 6) is 1.07. The van der Waals surface area contributed by atoms with Crippen LogP contribution in [0.5, 0.6) is 11.6 Å². The van der Waals surface area contributed by atoms with Crippen molar-refractivity contribution >= 4 is 15.8 Å². The summed E-state index contributed by atoms with van der Waals surface area (Å²) in [6.45, 7) is 0. The van der Waals surface area contributed by atoms with E-state index in [4.69, 9.17) is 9.47 Å². The van der Waals surface area contributed by atoms with Crippen LogP contribution in [-0.4, -0.2) is 32.9 Å². The van der Waals surface area contributed by atoms with Crippen LogP contribution in [0.15, 0.2) is 12.1 Å². The van der Waals surface area contributed by atoms with Gasteiger partial charge in [0, 0.05) is 12.1 Å². The van der Waals surface area contributed by atoms with Crippen LogP contribution in [0.3, 0.4) is 0 Å². The van der Waals surface area contributed by atoms with Gasteiger partial charge in [0.05, 0.1) is 19.5 Å². The molecule has 1 aliphatic carbocycles. The van der Waals surface area contributed by atoms with Gasteiger partial charge in [0.2, 0.25) is 15.9 Å². The molecule has 17 heavy (non-hydrogen) atoms. The molecular formula is C10H14N2O4S. The van der Waals surface area contributed by atoms with Crippen molar-refractivity contribution < 1.29 is 17.9 Å². The topological polar surface area (TPSA) is 77.5 Å². The number of nitrogens with one attached hydrogen (secondary N) is 1. The second kappa shape index (κ2) is 4.40. The molecular weight excluding hydrogens is 244 g/mol. The van der Waals surface area contributed by atoms with Crippen molar-refractivity contribution in [2.75, 3.05) is 18.1 Å². The molecule has 0 unspecified atom stereocenters. The van der Waals surface area contributed by atoms with E-state index in [1.54, 1.807) is 12.1 Å². The van der Waals surface area contributed by atoms with E-state index in [1.807, 2.05) is 0 Å². The van der Waals surface area contributed by atoms with Gasteiger partial charge in [-0.15, -0.1) is 0 Å². The van der Waals surface area contributed by atoms with Crippen LogP contribution >= 0.6 is 0 Å². The predicted octanol–water partition coefficient (Wildman–Crippen LogP) is 1.00. The first-order chi connectivity index (χ1) is 7.96. The maximum atomic E-state index is 11.1. The van der Waals surface area contributed by atoms with Crippen molar-refractivity contribution in [1.29, 1.82) is 0 Å². The van der Waals surface area contributed by atoms with Gasteiger partial charge in [0.1, 0.15) is 11.6 Å². The summed E-state index contributed by atoms with van der Waals surface area (Å²) < 4.78 is 35.1. The Morgan fingerprint density at radius 3 is 2.65 bits per heavy atom. The highest BCUT2D eigenvalue weighted by Crippen LogP contribution is 2.30. The lowest BCUT2D eigenvalue weighted by atomic mass is 10.4. The quantitative estimate of drug-likeness (QED) is 0.852. The number of aromatic nitrogens is 1. The number of rotatable bonds is 5. The summed E-state index contributed by atoms with van der Waals surface area (Å²) in [4.78, 5) is 3.97. The van der Waals surface area contributed by atoms with Crippen molar-refractivity contribution in [1.82, 2.24) is 4.98 Å². The third-order valence-corrected chi connectivity index (χ3v) is 2.68. The average Bonchev–Trinajstić information content (AvgIpc) is 2.98. The summed E-state index contributed by atoms with van der Waals surface area (Å²) in [5, 5.41) is 0. The van der Waals surface area contributed by atoms with Crippen molar-refractivity contribution in [3.8, 4) is 11.6 Å². The molecule has 1 saturated carbocycles. The monoisotopic (exact) mass is 258 g/mol. The Hall–Kier alpha value is -1.50. The van der Waals surface area contributed by atoms with E-state index >= 15 is 0 Å². The summed E-state index contributed by atoms with van der Waals surface area (Å²) in [7, 11) is -1.89. The average molecular weight is 258 g/mol. The maximum Gasteiger partial charge on any atom is 0.230 e. The number of hydrogen-bond acceptors (Lipinski definition) is 5. The molecule has 1 aromatic rings. The summed E-state index contributed by atoms with van der Waals surface area (Å²) in [5.41, 5.74) is 0. The SMILES string of the molecule is COc1cc(OC2CC2)cc(NS(C)(=O)=O)n1. The summed E-state index contributed by atoms with van der Waals surface area (Å²) in [6, 6.07) is 3.17. The second-order valence-electron chi connectivity index (χ2n) is 3.92. The number of anilines is 1. The van der Waals surface area contributed by atoms with Crippen molar-refractivity contribution in [3.05, 3.63) is 12.1 Å². The number of pyridine rings is 1. The Bertz CT molecular complexity index is 511. The highest BCUT2D eigenvalue weighted by molar-refractivity contribution is 7.92. The molecule has 94 valence electrons. The first kappa shape index (κ1) is 12.0. The van der Waals surface area contributed by atoms with E-state index < -0.39 is 10.0 Å². The molecule has 0 atom stereocenters. The molecule has 1 aliphatic rings. The molecule has 0 aliphatic heterocycles. The molecule has 1 fully saturated rings. The molecule has 1 aromatic heterocycles. The number of nitrogens with zero attached hydrogens (tertiary/aromatic N) is 1. The minimum atomic E-state index is -3.36. The zero-order valence-corrected chi connectivity index (χ0v) is 10.5. The lowest BCUT2D eigenvalue weighted by Crippen LogP contribution is -2.11. The summed E-state index contributed by atoms with van der Waals surface area (Å²) in [6.07, 6.45) is 3.35. The van der Waals surface area contributed by atoms with Gasteiger partial charge >= 0.3 is 0 Å². The van der Waals surface area contributed by atoms with Crippen LogP contribution in [0.25, 0.3) is 0 Å². The van der Waals surface area contributed by atoms with Gasteiger partial charge < -0.3 is 9.47 Å². The van der Waals surface area contributed by atoms with Crippen LogP contribution in [-0.2, 0) is 10.0 Å². The minimum absolute atomic E-state index is 0.197. The lowest BCUT2D eigenvalue weighted by molar-refractivity contribution is 0.300. The lowest BCUT2D eigenvalue weighted by Gasteiger charge is -2.09. The maximum absolute atomic E-state index is 11.1. The molecule has 0 bridgehead atoms. The van der Waals surface area contributed by atoms with Crippen LogP contribution < -0.4 is 14.2 Å². The second-order valence-corrected chi connectivity index (χ2v) is 5.67. The molecule has 2 rings (SSSR count). The smallest absolute Gasteiger partial charge is 0.230 e. The fourth-order valence-electron chi connectivity index (χ4n) is 1.27. The van der Waals surface area contributed by atoms with E-state index in [0.717, 1.165) is 19.1 Å². The van der Waals surface area contributed by atoms with E-state index in [2.05, 4.69) is 9.71 Å². The molecule has 0 aromatic carbocycles. The number of methoxy groups -OCH3 is 1. The first-order valence-electron chi connectivity index (χ1n) is 5.17. The van der Waals surface area contributed by atoms with Crippen LogP contribution in [0.2, 0.25) is 0 Å². The van der Waals surface area contributed by atoms with Gasteiger partial charge in [0.15, 0.2) is 0 Å². The predicted molar refractivity (Wildman–Crippen MR) is 62.9 cm³/mol. The van der Waals surface area contributed by atoms with Gasteiger partial charge in [-0.25, -0.2) is 8.42 Å². The molecule has 6 nitrogen and oxygen atoms in total. The van der Waals surface area contributed by atoms with Gasteiger partial charge in [-0.2, -0.15) is 4.98 Å². The van der Waals surface area contributed by atoms with Gasteiger partial charge in [0.25, 0.3) is 0 Å². The Labute approximate surface area is 100 Å². The Kier molecular flexibility index (Phi) is 3.10. The minimum Gasteiger partial charge on any atom is -0.490 e. The Morgan fingerprint density at radius 2 is 2.12 bits per heavy atom. The van der Waals surface area contributed by atoms with Gasteiger partial charge in [-0.05, 0) is 12.8 Å². The fraction of sp³-hybridized carbons (Fsp3) is 0.500. The molecule has 0 amide bonds. The van der Waals surface area contributed by atoms with Crippen molar-refractivity contribution in [3.63, 3.8) is 0 Å². The first-order valence-corrected chi connectivity index (χ1v) is 7.06. The van der Waals surface area contributed by atoms with Crippen LogP contribution in [0.1, 0.15) is 12.8 Å². The molecule has 7 heteroatoms. The fourth-order valence-corrected chi connectivity index (χ4v) is 1.76. The number of sulfonamides is 1. The van der Waals surface area contributed by atoms with Crippen LogP contribution in [0.4, 0.5) is 5.82 Å². The zero-order valence-electron chi connectivity index (χ0n) is 9.63. The molecule has 1 heterocycles. The summed E-state index contributed by atoms with van der Waals surface area (Å²) >= 11 is 0. The van der Waals surface area contributed by atoms with Crippen molar-refractivity contribution in [2.24, 2.45) is 0 Å². The third-order valence-electron chi connectivity index (χ3n) is 2.10. The van der Waals surface area contributed by atoms with E-state index in [0.29, 0.717) is 11.6 Å². The van der Waals surface area contributed by atoms with Crippen molar-refractivity contribution in [2.45, 2.75) is 18.9 Å². The van der Waals surface area contributed by atoms with Crippen LogP contribution in [0, 0.1) is 0 Å². The number of ether oxygens (including phenoxy) is 2. The zero-order chi connectivity index (χ0) is 12.5.